The first-order chi connectivity index (χ1) is 9.67. The summed E-state index contributed by atoms with van der Waals surface area (Å²) in [6.07, 6.45) is 10.6. The van der Waals surface area contributed by atoms with E-state index >= 15 is 0 Å². The number of benzene rings is 1. The first-order valence-corrected chi connectivity index (χ1v) is 8.99. The maximum absolute atomic E-state index is 3.74. The molecular formula is C18H30BrN. The average Bonchev–Trinajstić information content (AvgIpc) is 2.43. The largest absolute Gasteiger partial charge is 0.382 e. The number of rotatable bonds is 10. The summed E-state index contributed by atoms with van der Waals surface area (Å²) in [5.41, 5.74) is 2.57. The van der Waals surface area contributed by atoms with Crippen LogP contribution in [0, 0.1) is 6.92 Å². The molecule has 0 unspecified atom stereocenters. The quantitative estimate of drug-likeness (QED) is 0.467. The van der Waals surface area contributed by atoms with Crippen LogP contribution in [0.15, 0.2) is 22.7 Å². The van der Waals surface area contributed by atoms with Gasteiger partial charge in [0, 0.05) is 16.2 Å². The van der Waals surface area contributed by atoms with E-state index in [1.54, 1.807) is 0 Å². The van der Waals surface area contributed by atoms with Crippen molar-refractivity contribution in [2.45, 2.75) is 78.2 Å². The summed E-state index contributed by atoms with van der Waals surface area (Å²) in [5.74, 6) is 0. The molecule has 0 fully saturated rings. The lowest BCUT2D eigenvalue weighted by Crippen LogP contribution is -2.19. The molecule has 0 saturated heterocycles. The van der Waals surface area contributed by atoms with Gasteiger partial charge in [-0.15, -0.1) is 0 Å². The van der Waals surface area contributed by atoms with E-state index in [0.29, 0.717) is 6.04 Å². The van der Waals surface area contributed by atoms with Crippen LogP contribution in [0.3, 0.4) is 0 Å². The van der Waals surface area contributed by atoms with Gasteiger partial charge in [0.25, 0.3) is 0 Å². The first-order valence-electron chi connectivity index (χ1n) is 8.20. The van der Waals surface area contributed by atoms with E-state index in [0.717, 1.165) is 0 Å². The Bertz CT molecular complexity index is 366. The van der Waals surface area contributed by atoms with Crippen LogP contribution in [0.4, 0.5) is 5.69 Å². The van der Waals surface area contributed by atoms with Crippen LogP contribution in [0.1, 0.15) is 70.8 Å². The molecule has 2 heteroatoms. The molecule has 1 N–H and O–H groups in total. The SMILES string of the molecule is CCCCCC(CCCCC)Nc1ccc(Br)c(C)c1. The molecule has 0 radical (unpaired) electrons. The topological polar surface area (TPSA) is 12.0 Å². The average molecular weight is 340 g/mol. The van der Waals surface area contributed by atoms with Crippen molar-refractivity contribution in [3.63, 3.8) is 0 Å². The van der Waals surface area contributed by atoms with E-state index in [-0.39, 0.29) is 0 Å². The summed E-state index contributed by atoms with van der Waals surface area (Å²) in [6, 6.07) is 7.21. The summed E-state index contributed by atoms with van der Waals surface area (Å²) in [5, 5.41) is 3.74. The van der Waals surface area contributed by atoms with E-state index in [2.05, 4.69) is 60.2 Å². The Labute approximate surface area is 133 Å². The van der Waals surface area contributed by atoms with Gasteiger partial charge in [-0.25, -0.2) is 0 Å². The lowest BCUT2D eigenvalue weighted by atomic mass is 10.0. The predicted octanol–water partition coefficient (Wildman–Crippen LogP) is 6.70. The summed E-state index contributed by atoms with van der Waals surface area (Å²) in [7, 11) is 0. The molecule has 0 atom stereocenters. The highest BCUT2D eigenvalue weighted by Gasteiger charge is 2.08. The van der Waals surface area contributed by atoms with E-state index in [1.807, 2.05) is 0 Å². The third-order valence-electron chi connectivity index (χ3n) is 3.84. The molecule has 1 aromatic carbocycles. The van der Waals surface area contributed by atoms with Gasteiger partial charge in [0.05, 0.1) is 0 Å². The second-order valence-electron chi connectivity index (χ2n) is 5.80. The number of hydrogen-bond donors (Lipinski definition) is 1. The molecule has 0 aliphatic carbocycles. The second-order valence-corrected chi connectivity index (χ2v) is 6.65. The Morgan fingerprint density at radius 1 is 1.00 bits per heavy atom. The molecule has 0 aromatic heterocycles. The molecule has 0 spiro atoms. The fourth-order valence-electron chi connectivity index (χ4n) is 2.54. The third-order valence-corrected chi connectivity index (χ3v) is 4.73. The van der Waals surface area contributed by atoms with Gasteiger partial charge >= 0.3 is 0 Å². The molecular weight excluding hydrogens is 310 g/mol. The fraction of sp³-hybridized carbons (Fsp3) is 0.667. The van der Waals surface area contributed by atoms with Gasteiger partial charge in [-0.2, -0.15) is 0 Å². The van der Waals surface area contributed by atoms with Crippen LogP contribution in [0.5, 0.6) is 0 Å². The monoisotopic (exact) mass is 339 g/mol. The molecule has 0 bridgehead atoms. The molecule has 1 rings (SSSR count). The van der Waals surface area contributed by atoms with E-state index in [1.165, 1.54) is 67.1 Å². The summed E-state index contributed by atoms with van der Waals surface area (Å²) in [6.45, 7) is 6.70. The maximum atomic E-state index is 3.74. The smallest absolute Gasteiger partial charge is 0.0345 e. The van der Waals surface area contributed by atoms with Crippen molar-refractivity contribution in [3.05, 3.63) is 28.2 Å². The minimum absolute atomic E-state index is 0.633. The lowest BCUT2D eigenvalue weighted by molar-refractivity contribution is 0.526. The van der Waals surface area contributed by atoms with Crippen LogP contribution < -0.4 is 5.32 Å². The molecule has 0 aliphatic rings. The number of hydrogen-bond acceptors (Lipinski definition) is 1. The van der Waals surface area contributed by atoms with E-state index < -0.39 is 0 Å². The van der Waals surface area contributed by atoms with Gasteiger partial charge in [-0.05, 0) is 43.5 Å². The molecule has 0 saturated carbocycles. The minimum Gasteiger partial charge on any atom is -0.382 e. The number of aryl methyl sites for hydroxylation is 1. The fourth-order valence-corrected chi connectivity index (χ4v) is 2.79. The summed E-state index contributed by atoms with van der Waals surface area (Å²) in [4.78, 5) is 0. The second kappa shape index (κ2) is 10.3. The standard InChI is InChI=1S/C18H30BrN/c1-4-6-8-10-16(11-9-7-5-2)20-17-12-13-18(19)15(3)14-17/h12-14,16,20H,4-11H2,1-3H3. The van der Waals surface area contributed by atoms with E-state index in [4.69, 9.17) is 0 Å². The summed E-state index contributed by atoms with van der Waals surface area (Å²) < 4.78 is 1.19. The zero-order valence-corrected chi connectivity index (χ0v) is 14.9. The zero-order valence-electron chi connectivity index (χ0n) is 13.3. The van der Waals surface area contributed by atoms with Crippen molar-refractivity contribution in [3.8, 4) is 0 Å². The van der Waals surface area contributed by atoms with Gasteiger partial charge in [-0.3, -0.25) is 0 Å². The van der Waals surface area contributed by atoms with Crippen molar-refractivity contribution >= 4 is 21.6 Å². The Morgan fingerprint density at radius 3 is 2.10 bits per heavy atom. The third kappa shape index (κ3) is 6.78. The maximum Gasteiger partial charge on any atom is 0.0345 e. The van der Waals surface area contributed by atoms with Crippen molar-refractivity contribution < 1.29 is 0 Å². The molecule has 114 valence electrons. The zero-order chi connectivity index (χ0) is 14.8. The Morgan fingerprint density at radius 2 is 1.60 bits per heavy atom. The number of halogens is 1. The van der Waals surface area contributed by atoms with Gasteiger partial charge in [0.1, 0.15) is 0 Å². The Kier molecular flexibility index (Phi) is 9.00. The normalized spacial score (nSPS) is 11.1. The number of nitrogens with one attached hydrogen (secondary N) is 1. The van der Waals surface area contributed by atoms with Crippen molar-refractivity contribution in [2.75, 3.05) is 5.32 Å². The van der Waals surface area contributed by atoms with Crippen LogP contribution in [0.2, 0.25) is 0 Å². The van der Waals surface area contributed by atoms with Crippen molar-refractivity contribution in [1.29, 1.82) is 0 Å². The minimum atomic E-state index is 0.633. The Hall–Kier alpha value is -0.500. The van der Waals surface area contributed by atoms with Crippen LogP contribution in [0.25, 0.3) is 0 Å². The van der Waals surface area contributed by atoms with Crippen molar-refractivity contribution in [1.82, 2.24) is 0 Å². The van der Waals surface area contributed by atoms with Crippen molar-refractivity contribution in [2.24, 2.45) is 0 Å². The molecule has 0 amide bonds. The molecule has 0 aliphatic heterocycles. The molecule has 1 aromatic rings. The predicted molar refractivity (Wildman–Crippen MR) is 94.6 cm³/mol. The number of anilines is 1. The molecule has 0 heterocycles. The van der Waals surface area contributed by atoms with Gasteiger partial charge in [0.15, 0.2) is 0 Å². The van der Waals surface area contributed by atoms with Crippen LogP contribution in [-0.4, -0.2) is 6.04 Å². The first kappa shape index (κ1) is 17.6. The lowest BCUT2D eigenvalue weighted by Gasteiger charge is -2.20. The molecule has 20 heavy (non-hydrogen) atoms. The van der Waals surface area contributed by atoms with Crippen LogP contribution >= 0.6 is 15.9 Å². The van der Waals surface area contributed by atoms with Gasteiger partial charge in [0.2, 0.25) is 0 Å². The van der Waals surface area contributed by atoms with Gasteiger partial charge in [-0.1, -0.05) is 68.3 Å². The Balaban J connectivity index is 2.54. The highest BCUT2D eigenvalue weighted by Crippen LogP contribution is 2.22. The highest BCUT2D eigenvalue weighted by molar-refractivity contribution is 9.10. The molecule has 1 nitrogen and oxygen atoms in total. The summed E-state index contributed by atoms with van der Waals surface area (Å²) >= 11 is 3.57. The number of unbranched alkanes of at least 4 members (excludes halogenated alkanes) is 4. The van der Waals surface area contributed by atoms with Crippen LogP contribution in [-0.2, 0) is 0 Å². The van der Waals surface area contributed by atoms with E-state index in [9.17, 15) is 0 Å². The highest BCUT2D eigenvalue weighted by atomic mass is 79.9. The van der Waals surface area contributed by atoms with Gasteiger partial charge < -0.3 is 5.32 Å².